The Morgan fingerprint density at radius 1 is 1.20 bits per heavy atom. The third-order valence-electron chi connectivity index (χ3n) is 3.87. The van der Waals surface area contributed by atoms with Crippen molar-refractivity contribution in [2.45, 2.75) is 57.8 Å². The number of aliphatic hydroxyl groups is 4. The first-order valence-electron chi connectivity index (χ1n) is 6.87. The van der Waals surface area contributed by atoms with Crippen LogP contribution < -0.4 is 5.32 Å². The van der Waals surface area contributed by atoms with Crippen molar-refractivity contribution in [2.24, 2.45) is 11.8 Å². The van der Waals surface area contributed by atoms with Gasteiger partial charge in [-0.2, -0.15) is 0 Å². The fraction of sp³-hybridized carbons (Fsp3) is 0.923. The molecule has 1 fully saturated rings. The molecule has 0 radical (unpaired) electrons. The lowest BCUT2D eigenvalue weighted by molar-refractivity contribution is -0.253. The number of amides is 1. The fourth-order valence-electron chi connectivity index (χ4n) is 2.03. The van der Waals surface area contributed by atoms with Gasteiger partial charge < -0.3 is 30.5 Å². The summed E-state index contributed by atoms with van der Waals surface area (Å²) < 4.78 is 4.96. The van der Waals surface area contributed by atoms with E-state index >= 15 is 0 Å². The van der Waals surface area contributed by atoms with Gasteiger partial charge in [-0.05, 0) is 11.8 Å². The van der Waals surface area contributed by atoms with Gasteiger partial charge in [-0.25, -0.2) is 0 Å². The molecule has 0 aromatic heterocycles. The molecule has 0 aliphatic carbocycles. The molecule has 1 aliphatic rings. The summed E-state index contributed by atoms with van der Waals surface area (Å²) in [5.41, 5.74) is 0. The van der Waals surface area contributed by atoms with Crippen LogP contribution in [0.25, 0.3) is 0 Å². The van der Waals surface area contributed by atoms with E-state index in [1.807, 2.05) is 20.8 Å². The highest BCUT2D eigenvalue weighted by Gasteiger charge is 2.44. The van der Waals surface area contributed by atoms with Gasteiger partial charge in [-0.1, -0.05) is 20.8 Å². The SMILES string of the molecule is CC(C)C(C)CC(=O)NC1[C@H](O)OC(CO)[C@@H](O)[C@H]1O. The molecule has 1 aliphatic heterocycles. The number of carbonyl (C=O) groups excluding carboxylic acids is 1. The molecule has 0 spiro atoms. The van der Waals surface area contributed by atoms with E-state index in [0.29, 0.717) is 5.92 Å². The van der Waals surface area contributed by atoms with Gasteiger partial charge >= 0.3 is 0 Å². The highest BCUT2D eigenvalue weighted by atomic mass is 16.6. The van der Waals surface area contributed by atoms with Gasteiger partial charge in [-0.3, -0.25) is 4.79 Å². The van der Waals surface area contributed by atoms with Gasteiger partial charge in [-0.15, -0.1) is 0 Å². The zero-order chi connectivity index (χ0) is 15.4. The van der Waals surface area contributed by atoms with Gasteiger partial charge in [0.05, 0.1) is 6.61 Å². The summed E-state index contributed by atoms with van der Waals surface area (Å²) in [6.45, 7) is 5.41. The molecular formula is C13H25NO6. The number of nitrogens with one attached hydrogen (secondary N) is 1. The first-order chi connectivity index (χ1) is 9.27. The van der Waals surface area contributed by atoms with E-state index < -0.39 is 37.3 Å². The summed E-state index contributed by atoms with van der Waals surface area (Å²) in [4.78, 5) is 11.9. The molecule has 5 N–H and O–H groups in total. The summed E-state index contributed by atoms with van der Waals surface area (Å²) in [5.74, 6) is 0.166. The molecule has 20 heavy (non-hydrogen) atoms. The number of ether oxygens (including phenoxy) is 1. The standard InChI is InChI=1S/C13H25NO6/c1-6(2)7(3)4-9(16)14-10-12(18)11(17)8(5-15)20-13(10)19/h6-8,10-13,15,17-19H,4-5H2,1-3H3,(H,14,16)/t7?,8?,10?,11-,12+,13-/m1/s1. The van der Waals surface area contributed by atoms with Crippen LogP contribution in [0, 0.1) is 11.8 Å². The molecule has 1 rings (SSSR count). The van der Waals surface area contributed by atoms with E-state index in [2.05, 4.69) is 5.32 Å². The molecule has 3 unspecified atom stereocenters. The Balaban J connectivity index is 2.60. The predicted octanol–water partition coefficient (Wildman–Crippen LogP) is -1.42. The van der Waals surface area contributed by atoms with Crippen molar-refractivity contribution in [3.8, 4) is 0 Å². The van der Waals surface area contributed by atoms with Crippen molar-refractivity contribution >= 4 is 5.91 Å². The monoisotopic (exact) mass is 291 g/mol. The third kappa shape index (κ3) is 4.13. The maximum absolute atomic E-state index is 11.9. The molecule has 1 heterocycles. The highest BCUT2D eigenvalue weighted by molar-refractivity contribution is 5.76. The number of hydrogen-bond donors (Lipinski definition) is 5. The Morgan fingerprint density at radius 3 is 2.30 bits per heavy atom. The first kappa shape index (κ1) is 17.3. The van der Waals surface area contributed by atoms with Crippen LogP contribution in [0.15, 0.2) is 0 Å². The second kappa shape index (κ2) is 7.33. The minimum absolute atomic E-state index is 0.156. The largest absolute Gasteiger partial charge is 0.394 e. The minimum atomic E-state index is -1.47. The maximum atomic E-state index is 11.9. The van der Waals surface area contributed by atoms with Crippen LogP contribution in [0.1, 0.15) is 27.2 Å². The zero-order valence-corrected chi connectivity index (χ0v) is 12.1. The topological polar surface area (TPSA) is 119 Å². The van der Waals surface area contributed by atoms with Crippen LogP contribution in [0.2, 0.25) is 0 Å². The Kier molecular flexibility index (Phi) is 6.35. The summed E-state index contributed by atoms with van der Waals surface area (Å²) >= 11 is 0. The average molecular weight is 291 g/mol. The molecule has 1 amide bonds. The number of rotatable bonds is 5. The van der Waals surface area contributed by atoms with Crippen LogP contribution in [0.3, 0.4) is 0 Å². The van der Waals surface area contributed by atoms with E-state index in [0.717, 1.165) is 0 Å². The predicted molar refractivity (Wildman–Crippen MR) is 70.5 cm³/mol. The fourth-order valence-corrected chi connectivity index (χ4v) is 2.03. The molecule has 6 atom stereocenters. The molecule has 0 aromatic carbocycles. The molecule has 0 aromatic rings. The quantitative estimate of drug-likeness (QED) is 0.424. The molecular weight excluding hydrogens is 266 g/mol. The van der Waals surface area contributed by atoms with E-state index in [4.69, 9.17) is 9.84 Å². The van der Waals surface area contributed by atoms with Crippen molar-refractivity contribution in [1.82, 2.24) is 5.32 Å². The highest BCUT2D eigenvalue weighted by Crippen LogP contribution is 2.20. The lowest BCUT2D eigenvalue weighted by Crippen LogP contribution is -2.64. The van der Waals surface area contributed by atoms with Crippen molar-refractivity contribution in [1.29, 1.82) is 0 Å². The maximum Gasteiger partial charge on any atom is 0.220 e. The second-order valence-corrected chi connectivity index (χ2v) is 5.75. The van der Waals surface area contributed by atoms with Crippen LogP contribution in [0.5, 0.6) is 0 Å². The van der Waals surface area contributed by atoms with Crippen LogP contribution in [-0.4, -0.2) is 63.6 Å². The Bertz CT molecular complexity index is 324. The molecule has 0 bridgehead atoms. The van der Waals surface area contributed by atoms with Gasteiger partial charge in [0.25, 0.3) is 0 Å². The lowest BCUT2D eigenvalue weighted by Gasteiger charge is -2.40. The summed E-state index contributed by atoms with van der Waals surface area (Å²) in [7, 11) is 0. The van der Waals surface area contributed by atoms with Gasteiger partial charge in [0.15, 0.2) is 6.29 Å². The number of aliphatic hydroxyl groups excluding tert-OH is 4. The Hall–Kier alpha value is -0.730. The van der Waals surface area contributed by atoms with Crippen molar-refractivity contribution in [3.63, 3.8) is 0 Å². The van der Waals surface area contributed by atoms with Crippen molar-refractivity contribution in [3.05, 3.63) is 0 Å². The summed E-state index contributed by atoms with van der Waals surface area (Å²) in [5, 5.41) is 40.8. The smallest absolute Gasteiger partial charge is 0.220 e. The van der Waals surface area contributed by atoms with E-state index in [-0.39, 0.29) is 18.2 Å². The van der Waals surface area contributed by atoms with Gasteiger partial charge in [0.2, 0.25) is 5.91 Å². The van der Waals surface area contributed by atoms with Crippen LogP contribution in [0.4, 0.5) is 0 Å². The van der Waals surface area contributed by atoms with Crippen LogP contribution >= 0.6 is 0 Å². The lowest BCUT2D eigenvalue weighted by atomic mass is 9.93. The van der Waals surface area contributed by atoms with Crippen LogP contribution in [-0.2, 0) is 9.53 Å². The number of hydrogen-bond acceptors (Lipinski definition) is 6. The van der Waals surface area contributed by atoms with E-state index in [9.17, 15) is 20.1 Å². The average Bonchev–Trinajstić information content (AvgIpc) is 2.38. The molecule has 1 saturated heterocycles. The first-order valence-corrected chi connectivity index (χ1v) is 6.87. The summed E-state index contributed by atoms with van der Waals surface area (Å²) in [6, 6.07) is -1.11. The van der Waals surface area contributed by atoms with Gasteiger partial charge in [0, 0.05) is 6.42 Å². The van der Waals surface area contributed by atoms with Gasteiger partial charge in [0.1, 0.15) is 24.4 Å². The summed E-state index contributed by atoms with van der Waals surface area (Å²) in [6.07, 6.45) is -5.04. The molecule has 0 saturated carbocycles. The normalized spacial score (nSPS) is 35.9. The second-order valence-electron chi connectivity index (χ2n) is 5.75. The van der Waals surface area contributed by atoms with Crippen molar-refractivity contribution in [2.75, 3.05) is 6.61 Å². The Morgan fingerprint density at radius 2 is 1.80 bits per heavy atom. The van der Waals surface area contributed by atoms with E-state index in [1.54, 1.807) is 0 Å². The number of carbonyl (C=O) groups is 1. The third-order valence-corrected chi connectivity index (χ3v) is 3.87. The van der Waals surface area contributed by atoms with Crippen molar-refractivity contribution < 1.29 is 30.0 Å². The zero-order valence-electron chi connectivity index (χ0n) is 12.1. The molecule has 7 nitrogen and oxygen atoms in total. The minimum Gasteiger partial charge on any atom is -0.394 e. The molecule has 118 valence electrons. The molecule has 7 heteroatoms. The Labute approximate surface area is 118 Å². The van der Waals surface area contributed by atoms with E-state index in [1.165, 1.54) is 0 Å².